The second-order valence-electron chi connectivity index (χ2n) is 1.81. The summed E-state index contributed by atoms with van der Waals surface area (Å²) in [4.78, 5) is 0. The van der Waals surface area contributed by atoms with E-state index >= 15 is 0 Å². The molecule has 0 heterocycles. The monoisotopic (exact) mass is 185 g/mol. The van der Waals surface area contributed by atoms with Crippen molar-refractivity contribution in [2.45, 2.75) is 13.8 Å². The fraction of sp³-hybridized carbons (Fsp3) is 1.00. The Bertz CT molecular complexity index is 174. The lowest BCUT2D eigenvalue weighted by Gasteiger charge is -2.15. The van der Waals surface area contributed by atoms with Crippen molar-refractivity contribution in [3.63, 3.8) is 0 Å². The van der Waals surface area contributed by atoms with Crippen LogP contribution in [0.2, 0.25) is 0 Å². The van der Waals surface area contributed by atoms with E-state index in [4.69, 9.17) is 11.6 Å². The van der Waals surface area contributed by atoms with Crippen molar-refractivity contribution in [3.8, 4) is 0 Å². The molecule has 0 spiro atoms. The maximum Gasteiger partial charge on any atom is 0.228 e. The highest BCUT2D eigenvalue weighted by molar-refractivity contribution is 7.90. The molecule has 3 nitrogen and oxygen atoms in total. The fourth-order valence-corrected chi connectivity index (χ4v) is 2.02. The third-order valence-corrected chi connectivity index (χ3v) is 3.64. The van der Waals surface area contributed by atoms with Crippen molar-refractivity contribution in [1.82, 2.24) is 4.31 Å². The minimum atomic E-state index is -3.16. The second kappa shape index (κ2) is 4.16. The first-order valence-corrected chi connectivity index (χ1v) is 5.26. The van der Waals surface area contributed by atoms with Gasteiger partial charge in [0.15, 0.2) is 0 Å². The van der Waals surface area contributed by atoms with Crippen LogP contribution in [0, 0.1) is 0 Å². The summed E-state index contributed by atoms with van der Waals surface area (Å²) < 4.78 is 23.2. The lowest BCUT2D eigenvalue weighted by molar-refractivity contribution is 0.449. The first-order chi connectivity index (χ1) is 4.58. The van der Waals surface area contributed by atoms with E-state index in [0.717, 1.165) is 0 Å². The van der Waals surface area contributed by atoms with Gasteiger partial charge in [0.25, 0.3) is 0 Å². The highest BCUT2D eigenvalue weighted by Crippen LogP contribution is 2.01. The molecular weight excluding hydrogens is 174 g/mol. The zero-order valence-corrected chi connectivity index (χ0v) is 7.74. The zero-order chi connectivity index (χ0) is 8.20. The predicted octanol–water partition coefficient (Wildman–Crippen LogP) is 0.854. The van der Waals surface area contributed by atoms with Gasteiger partial charge in [0.2, 0.25) is 10.0 Å². The van der Waals surface area contributed by atoms with Gasteiger partial charge in [-0.15, -0.1) is 11.6 Å². The molecular formula is C5H12ClNO2S. The molecule has 0 aromatic rings. The Morgan fingerprint density at radius 1 is 1.30 bits per heavy atom. The number of nitrogens with zero attached hydrogens (tertiary/aromatic N) is 1. The molecule has 62 valence electrons. The van der Waals surface area contributed by atoms with Crippen molar-refractivity contribution in [2.24, 2.45) is 0 Å². The van der Waals surface area contributed by atoms with Crippen LogP contribution in [0.1, 0.15) is 13.8 Å². The summed E-state index contributed by atoms with van der Waals surface area (Å²) in [5, 5.41) is -0.325. The molecule has 0 aliphatic carbocycles. The summed E-state index contributed by atoms with van der Waals surface area (Å²) in [7, 11) is -3.16. The number of hydrogen-bond acceptors (Lipinski definition) is 2. The van der Waals surface area contributed by atoms with Crippen molar-refractivity contribution in [3.05, 3.63) is 0 Å². The molecule has 0 aromatic heterocycles. The second-order valence-corrected chi connectivity index (χ2v) is 4.36. The number of hydrogen-bond donors (Lipinski definition) is 0. The number of halogens is 1. The average Bonchev–Trinajstić information content (AvgIpc) is 1.90. The van der Waals surface area contributed by atoms with E-state index in [1.54, 1.807) is 13.8 Å². The Balaban J connectivity index is 4.28. The smallest absolute Gasteiger partial charge is 0.211 e. The quantitative estimate of drug-likeness (QED) is 0.610. The highest BCUT2D eigenvalue weighted by atomic mass is 35.5. The van der Waals surface area contributed by atoms with E-state index in [2.05, 4.69) is 0 Å². The van der Waals surface area contributed by atoms with Crippen LogP contribution in [0.15, 0.2) is 0 Å². The topological polar surface area (TPSA) is 37.4 Å². The Labute approximate surface area is 67.0 Å². The van der Waals surface area contributed by atoms with Crippen molar-refractivity contribution in [2.75, 3.05) is 18.3 Å². The molecule has 0 aromatic carbocycles. The van der Waals surface area contributed by atoms with Gasteiger partial charge in [0.1, 0.15) is 5.21 Å². The van der Waals surface area contributed by atoms with E-state index in [9.17, 15) is 8.42 Å². The molecule has 0 N–H and O–H groups in total. The normalized spacial score (nSPS) is 12.4. The van der Waals surface area contributed by atoms with E-state index in [0.29, 0.717) is 13.1 Å². The van der Waals surface area contributed by atoms with Crippen LogP contribution < -0.4 is 0 Å². The number of alkyl halides is 1. The third kappa shape index (κ3) is 2.44. The van der Waals surface area contributed by atoms with Gasteiger partial charge in [-0.25, -0.2) is 12.7 Å². The molecule has 0 aliphatic heterocycles. The first-order valence-electron chi connectivity index (χ1n) is 3.12. The van der Waals surface area contributed by atoms with Crippen molar-refractivity contribution >= 4 is 21.6 Å². The fourth-order valence-electron chi connectivity index (χ4n) is 0.686. The van der Waals surface area contributed by atoms with Gasteiger partial charge < -0.3 is 0 Å². The minimum absolute atomic E-state index is 0.325. The molecule has 0 atom stereocenters. The molecule has 0 saturated carbocycles. The van der Waals surface area contributed by atoms with Crippen molar-refractivity contribution < 1.29 is 8.42 Å². The van der Waals surface area contributed by atoms with Crippen LogP contribution in [0.25, 0.3) is 0 Å². The van der Waals surface area contributed by atoms with E-state index in [1.807, 2.05) is 0 Å². The van der Waals surface area contributed by atoms with Crippen molar-refractivity contribution in [1.29, 1.82) is 0 Å². The molecule has 0 aliphatic rings. The number of sulfonamides is 1. The summed E-state index contributed by atoms with van der Waals surface area (Å²) in [6, 6.07) is 0. The summed E-state index contributed by atoms with van der Waals surface area (Å²) in [5.41, 5.74) is 0. The van der Waals surface area contributed by atoms with Gasteiger partial charge in [0, 0.05) is 13.1 Å². The van der Waals surface area contributed by atoms with Crippen LogP contribution in [0.3, 0.4) is 0 Å². The van der Waals surface area contributed by atoms with Gasteiger partial charge in [0.05, 0.1) is 0 Å². The van der Waals surface area contributed by atoms with Crippen LogP contribution in [0.4, 0.5) is 0 Å². The predicted molar refractivity (Wildman–Crippen MR) is 42.6 cm³/mol. The molecule has 0 radical (unpaired) electrons. The SMILES string of the molecule is CCN(CC)S(=O)(=O)CCl. The summed E-state index contributed by atoms with van der Waals surface area (Å²) in [6.45, 7) is 4.55. The van der Waals surface area contributed by atoms with Crippen LogP contribution in [0.5, 0.6) is 0 Å². The summed E-state index contributed by atoms with van der Waals surface area (Å²) in [6.07, 6.45) is 0. The van der Waals surface area contributed by atoms with E-state index < -0.39 is 10.0 Å². The largest absolute Gasteiger partial charge is 0.228 e. The maximum atomic E-state index is 11.0. The summed E-state index contributed by atoms with van der Waals surface area (Å²) in [5.74, 6) is 0. The van der Waals surface area contributed by atoms with Crippen LogP contribution >= 0.6 is 11.6 Å². The Morgan fingerprint density at radius 3 is 1.80 bits per heavy atom. The van der Waals surface area contributed by atoms with Gasteiger partial charge in [-0.1, -0.05) is 13.8 Å². The molecule has 0 saturated heterocycles. The Morgan fingerprint density at radius 2 is 1.70 bits per heavy atom. The van der Waals surface area contributed by atoms with Crippen LogP contribution in [-0.2, 0) is 10.0 Å². The number of rotatable bonds is 4. The molecule has 0 amide bonds. The highest BCUT2D eigenvalue weighted by Gasteiger charge is 2.15. The van der Waals surface area contributed by atoms with Gasteiger partial charge in [-0.3, -0.25) is 0 Å². The molecule has 0 unspecified atom stereocenters. The van der Waals surface area contributed by atoms with Gasteiger partial charge in [-0.2, -0.15) is 0 Å². The molecule has 10 heavy (non-hydrogen) atoms. The molecule has 0 bridgehead atoms. The maximum absolute atomic E-state index is 11.0. The minimum Gasteiger partial charge on any atom is -0.211 e. The third-order valence-electron chi connectivity index (χ3n) is 1.24. The lowest BCUT2D eigenvalue weighted by Crippen LogP contribution is -2.31. The first kappa shape index (κ1) is 10.2. The molecule has 5 heteroatoms. The Hall–Kier alpha value is 0.200. The lowest BCUT2D eigenvalue weighted by atomic mass is 10.7. The molecule has 0 rings (SSSR count). The van der Waals surface area contributed by atoms with Gasteiger partial charge >= 0.3 is 0 Å². The van der Waals surface area contributed by atoms with E-state index in [1.165, 1.54) is 4.31 Å². The van der Waals surface area contributed by atoms with Gasteiger partial charge in [-0.05, 0) is 0 Å². The summed E-state index contributed by atoms with van der Waals surface area (Å²) >= 11 is 5.22. The zero-order valence-electron chi connectivity index (χ0n) is 6.17. The Kier molecular flexibility index (Phi) is 4.24. The standard InChI is InChI=1S/C5H12ClNO2S/c1-3-7(4-2)10(8,9)5-6/h3-5H2,1-2H3. The molecule has 0 fully saturated rings. The van der Waals surface area contributed by atoms with Crippen LogP contribution in [-0.4, -0.2) is 31.0 Å². The average molecular weight is 186 g/mol. The van der Waals surface area contributed by atoms with E-state index in [-0.39, 0.29) is 5.21 Å².